The molecule has 1 heterocycles. The summed E-state index contributed by atoms with van der Waals surface area (Å²) < 4.78 is 2.08. The van der Waals surface area contributed by atoms with Crippen LogP contribution in [0.5, 0.6) is 0 Å². The van der Waals surface area contributed by atoms with Crippen molar-refractivity contribution in [2.24, 2.45) is 13.0 Å². The first-order valence-electron chi connectivity index (χ1n) is 7.12. The molecule has 0 fully saturated rings. The highest BCUT2D eigenvalue weighted by Gasteiger charge is 2.20. The molecule has 1 aromatic heterocycles. The summed E-state index contributed by atoms with van der Waals surface area (Å²) in [6, 6.07) is 0.520. The Kier molecular flexibility index (Phi) is 5.56. The highest BCUT2D eigenvalue weighted by molar-refractivity contribution is 4.91. The second-order valence-corrected chi connectivity index (χ2v) is 6.72. The molecule has 0 aliphatic heterocycles. The van der Waals surface area contributed by atoms with E-state index >= 15 is 0 Å². The van der Waals surface area contributed by atoms with E-state index in [4.69, 9.17) is 0 Å². The van der Waals surface area contributed by atoms with Gasteiger partial charge in [-0.15, -0.1) is 0 Å². The van der Waals surface area contributed by atoms with Gasteiger partial charge in [0.25, 0.3) is 0 Å². The van der Waals surface area contributed by atoms with Crippen LogP contribution in [-0.4, -0.2) is 39.6 Å². The zero-order chi connectivity index (χ0) is 14.6. The van der Waals surface area contributed by atoms with Gasteiger partial charge in [-0.2, -0.15) is 0 Å². The Morgan fingerprint density at radius 2 is 2.00 bits per heavy atom. The molecule has 0 bridgehead atoms. The van der Waals surface area contributed by atoms with Crippen LogP contribution in [0.4, 0.5) is 0 Å². The maximum Gasteiger partial charge on any atom is 0.122 e. The fourth-order valence-corrected chi connectivity index (χ4v) is 1.99. The van der Waals surface area contributed by atoms with Crippen molar-refractivity contribution in [2.45, 2.75) is 52.7 Å². The molecule has 1 aromatic rings. The van der Waals surface area contributed by atoms with Gasteiger partial charge in [0.15, 0.2) is 0 Å². The van der Waals surface area contributed by atoms with Crippen LogP contribution in [0, 0.1) is 5.92 Å². The maximum absolute atomic E-state index is 4.39. The number of rotatable bonds is 6. The summed E-state index contributed by atoms with van der Waals surface area (Å²) in [6.07, 6.45) is 3.86. The van der Waals surface area contributed by atoms with Crippen molar-refractivity contribution in [2.75, 3.05) is 13.6 Å². The molecule has 0 saturated carbocycles. The maximum atomic E-state index is 4.39. The van der Waals surface area contributed by atoms with Crippen molar-refractivity contribution in [1.29, 1.82) is 0 Å². The van der Waals surface area contributed by atoms with E-state index in [1.807, 2.05) is 19.4 Å². The van der Waals surface area contributed by atoms with Crippen LogP contribution < -0.4 is 5.32 Å². The van der Waals surface area contributed by atoms with Crippen molar-refractivity contribution < 1.29 is 0 Å². The van der Waals surface area contributed by atoms with Crippen LogP contribution in [-0.2, 0) is 13.6 Å². The summed E-state index contributed by atoms with van der Waals surface area (Å²) >= 11 is 0. The predicted molar refractivity (Wildman–Crippen MR) is 81.1 cm³/mol. The molecule has 1 N–H and O–H groups in total. The van der Waals surface area contributed by atoms with E-state index in [0.717, 1.165) is 18.9 Å². The minimum Gasteiger partial charge on any atom is -0.337 e. The molecule has 19 heavy (non-hydrogen) atoms. The number of imidazole rings is 1. The third-order valence-corrected chi connectivity index (χ3v) is 3.78. The first kappa shape index (κ1) is 16.2. The third-order valence-electron chi connectivity index (χ3n) is 3.78. The average Bonchev–Trinajstić information content (AvgIpc) is 2.70. The standard InChI is InChI=1S/C15H30N4/c1-12(10-17-15(3,4)5)13(2)19(7)11-14-16-8-9-18(14)6/h8-9,12-13,17H,10-11H2,1-7H3. The second-order valence-electron chi connectivity index (χ2n) is 6.72. The predicted octanol–water partition coefficient (Wildman–Crippen LogP) is 2.26. The summed E-state index contributed by atoms with van der Waals surface area (Å²) in [5, 5.41) is 3.58. The molecule has 0 aliphatic rings. The molecule has 0 radical (unpaired) electrons. The van der Waals surface area contributed by atoms with E-state index in [2.05, 4.69) is 61.4 Å². The summed E-state index contributed by atoms with van der Waals surface area (Å²) in [4.78, 5) is 6.76. The molecule has 4 heteroatoms. The minimum absolute atomic E-state index is 0.187. The van der Waals surface area contributed by atoms with Crippen LogP contribution in [0.25, 0.3) is 0 Å². The van der Waals surface area contributed by atoms with Crippen molar-refractivity contribution in [3.63, 3.8) is 0 Å². The number of aromatic nitrogens is 2. The van der Waals surface area contributed by atoms with Gasteiger partial charge in [-0.05, 0) is 47.2 Å². The molecule has 0 aliphatic carbocycles. The van der Waals surface area contributed by atoms with E-state index in [0.29, 0.717) is 12.0 Å². The van der Waals surface area contributed by atoms with Crippen LogP contribution in [0.3, 0.4) is 0 Å². The molecular weight excluding hydrogens is 236 g/mol. The van der Waals surface area contributed by atoms with Gasteiger partial charge in [0.1, 0.15) is 5.82 Å². The molecule has 0 aromatic carbocycles. The zero-order valence-corrected chi connectivity index (χ0v) is 13.6. The molecule has 0 amide bonds. The largest absolute Gasteiger partial charge is 0.337 e. The molecule has 0 spiro atoms. The Labute approximate surface area is 118 Å². The van der Waals surface area contributed by atoms with Crippen LogP contribution in [0.2, 0.25) is 0 Å². The summed E-state index contributed by atoms with van der Waals surface area (Å²) in [5.41, 5.74) is 0.187. The van der Waals surface area contributed by atoms with Crippen molar-refractivity contribution in [1.82, 2.24) is 19.8 Å². The second kappa shape index (κ2) is 6.53. The third kappa shape index (κ3) is 5.33. The van der Waals surface area contributed by atoms with E-state index in [1.54, 1.807) is 0 Å². The van der Waals surface area contributed by atoms with Gasteiger partial charge < -0.3 is 9.88 Å². The zero-order valence-electron chi connectivity index (χ0n) is 13.6. The Bertz CT molecular complexity index is 378. The Hall–Kier alpha value is -0.870. The lowest BCUT2D eigenvalue weighted by molar-refractivity contribution is 0.177. The smallest absolute Gasteiger partial charge is 0.122 e. The van der Waals surface area contributed by atoms with E-state index in [9.17, 15) is 0 Å². The number of nitrogens with zero attached hydrogens (tertiary/aromatic N) is 3. The minimum atomic E-state index is 0.187. The van der Waals surface area contributed by atoms with Gasteiger partial charge in [0, 0.05) is 31.0 Å². The lowest BCUT2D eigenvalue weighted by Gasteiger charge is -2.32. The van der Waals surface area contributed by atoms with Crippen molar-refractivity contribution in [3.05, 3.63) is 18.2 Å². The van der Waals surface area contributed by atoms with Crippen molar-refractivity contribution in [3.8, 4) is 0 Å². The number of nitrogens with one attached hydrogen (secondary N) is 1. The highest BCUT2D eigenvalue weighted by atomic mass is 15.2. The Balaban J connectivity index is 2.47. The number of hydrogen-bond acceptors (Lipinski definition) is 3. The molecule has 2 unspecified atom stereocenters. The summed E-state index contributed by atoms with van der Waals surface area (Å²) in [7, 11) is 4.22. The van der Waals surface area contributed by atoms with Crippen molar-refractivity contribution >= 4 is 0 Å². The van der Waals surface area contributed by atoms with E-state index in [-0.39, 0.29) is 5.54 Å². The van der Waals surface area contributed by atoms with Crippen LogP contribution in [0.1, 0.15) is 40.4 Å². The quantitative estimate of drug-likeness (QED) is 0.857. The molecule has 0 saturated heterocycles. The average molecular weight is 266 g/mol. The first-order chi connectivity index (χ1) is 8.70. The van der Waals surface area contributed by atoms with Gasteiger partial charge in [0.2, 0.25) is 0 Å². The topological polar surface area (TPSA) is 33.1 Å². The van der Waals surface area contributed by atoms with Crippen LogP contribution >= 0.6 is 0 Å². The number of aryl methyl sites for hydroxylation is 1. The summed E-state index contributed by atoms with van der Waals surface area (Å²) in [5.74, 6) is 1.72. The van der Waals surface area contributed by atoms with E-state index < -0.39 is 0 Å². The lowest BCUT2D eigenvalue weighted by atomic mass is 10.00. The summed E-state index contributed by atoms with van der Waals surface area (Å²) in [6.45, 7) is 13.2. The Morgan fingerprint density at radius 3 is 2.47 bits per heavy atom. The van der Waals surface area contributed by atoms with Gasteiger partial charge >= 0.3 is 0 Å². The SMILES string of the molecule is CC(CNC(C)(C)C)C(C)N(C)Cc1nccn1C. The molecule has 110 valence electrons. The Morgan fingerprint density at radius 1 is 1.37 bits per heavy atom. The normalized spacial score (nSPS) is 15.8. The molecule has 4 nitrogen and oxygen atoms in total. The van der Waals surface area contributed by atoms with Gasteiger partial charge in [-0.3, -0.25) is 4.90 Å². The van der Waals surface area contributed by atoms with Gasteiger partial charge in [-0.1, -0.05) is 6.92 Å². The van der Waals surface area contributed by atoms with Crippen LogP contribution in [0.15, 0.2) is 12.4 Å². The van der Waals surface area contributed by atoms with Gasteiger partial charge in [0.05, 0.1) is 6.54 Å². The molecular formula is C15H30N4. The molecule has 2 atom stereocenters. The fraction of sp³-hybridized carbons (Fsp3) is 0.800. The highest BCUT2D eigenvalue weighted by Crippen LogP contribution is 2.12. The van der Waals surface area contributed by atoms with Gasteiger partial charge in [-0.25, -0.2) is 4.98 Å². The fourth-order valence-electron chi connectivity index (χ4n) is 1.99. The first-order valence-corrected chi connectivity index (χ1v) is 7.12. The molecule has 1 rings (SSSR count). The monoisotopic (exact) mass is 266 g/mol. The van der Waals surface area contributed by atoms with E-state index in [1.165, 1.54) is 0 Å². The number of hydrogen-bond donors (Lipinski definition) is 1. The lowest BCUT2D eigenvalue weighted by Crippen LogP contribution is -2.44.